The zero-order chi connectivity index (χ0) is 16.0. The Morgan fingerprint density at radius 1 is 1.26 bits per heavy atom. The number of anilines is 1. The standard InChI is InChI=1S/C18H25N3OS/c1-11-5-6-16(22)13(8-11)15-4-3-7-21(15)17-14-9-12(2)23-18(14)20-10-19-17/h9-11,13,15-16,22H,3-8H2,1-2H3/t11-,13-,15+,16-/m0/s1. The van der Waals surface area contributed by atoms with E-state index in [1.165, 1.54) is 23.1 Å². The Balaban J connectivity index is 1.69. The van der Waals surface area contributed by atoms with Gasteiger partial charge in [0.15, 0.2) is 0 Å². The summed E-state index contributed by atoms with van der Waals surface area (Å²) in [5.41, 5.74) is 0. The van der Waals surface area contributed by atoms with Gasteiger partial charge < -0.3 is 10.0 Å². The summed E-state index contributed by atoms with van der Waals surface area (Å²) in [6, 6.07) is 2.64. The van der Waals surface area contributed by atoms with Crippen molar-refractivity contribution in [3.63, 3.8) is 0 Å². The monoisotopic (exact) mass is 331 g/mol. The van der Waals surface area contributed by atoms with Crippen LogP contribution in [0.15, 0.2) is 12.4 Å². The summed E-state index contributed by atoms with van der Waals surface area (Å²) in [7, 11) is 0. The molecule has 23 heavy (non-hydrogen) atoms. The molecule has 2 aliphatic rings. The maximum absolute atomic E-state index is 10.6. The van der Waals surface area contributed by atoms with Crippen LogP contribution in [0.3, 0.4) is 0 Å². The van der Waals surface area contributed by atoms with Crippen LogP contribution in [0.25, 0.3) is 10.2 Å². The molecule has 0 aromatic carbocycles. The second-order valence-electron chi connectivity index (χ2n) is 7.33. The summed E-state index contributed by atoms with van der Waals surface area (Å²) in [6.07, 6.45) is 7.15. The van der Waals surface area contributed by atoms with E-state index < -0.39 is 0 Å². The second-order valence-corrected chi connectivity index (χ2v) is 8.56. The molecule has 1 aliphatic carbocycles. The molecule has 1 saturated heterocycles. The Hall–Kier alpha value is -1.20. The highest BCUT2D eigenvalue weighted by Crippen LogP contribution is 2.40. The smallest absolute Gasteiger partial charge is 0.141 e. The Morgan fingerprint density at radius 3 is 3.00 bits per heavy atom. The molecule has 1 saturated carbocycles. The van der Waals surface area contributed by atoms with Gasteiger partial charge in [0.05, 0.1) is 11.5 Å². The average molecular weight is 331 g/mol. The minimum absolute atomic E-state index is 0.154. The number of aliphatic hydroxyl groups excluding tert-OH is 1. The van der Waals surface area contributed by atoms with Crippen LogP contribution < -0.4 is 4.90 Å². The predicted molar refractivity (Wildman–Crippen MR) is 95.0 cm³/mol. The Labute approximate surface area is 141 Å². The van der Waals surface area contributed by atoms with Crippen molar-refractivity contribution in [2.24, 2.45) is 11.8 Å². The van der Waals surface area contributed by atoms with Gasteiger partial charge in [-0.3, -0.25) is 0 Å². The Kier molecular flexibility index (Phi) is 4.01. The zero-order valence-corrected chi connectivity index (χ0v) is 14.7. The third-order valence-corrected chi connectivity index (χ3v) is 6.58. The lowest BCUT2D eigenvalue weighted by Crippen LogP contribution is -2.44. The lowest BCUT2D eigenvalue weighted by molar-refractivity contribution is 0.0390. The largest absolute Gasteiger partial charge is 0.393 e. The third kappa shape index (κ3) is 2.74. The van der Waals surface area contributed by atoms with Gasteiger partial charge in [-0.2, -0.15) is 0 Å². The maximum Gasteiger partial charge on any atom is 0.141 e. The highest BCUT2D eigenvalue weighted by Gasteiger charge is 2.39. The summed E-state index contributed by atoms with van der Waals surface area (Å²) in [4.78, 5) is 13.9. The quantitative estimate of drug-likeness (QED) is 0.910. The predicted octanol–water partition coefficient (Wildman–Crippen LogP) is 3.77. The van der Waals surface area contributed by atoms with Crippen molar-refractivity contribution in [1.82, 2.24) is 9.97 Å². The first kappa shape index (κ1) is 15.3. The normalized spacial score (nSPS) is 31.9. The van der Waals surface area contributed by atoms with Crippen LogP contribution in [0, 0.1) is 18.8 Å². The van der Waals surface area contributed by atoms with Gasteiger partial charge in [-0.15, -0.1) is 11.3 Å². The molecule has 5 heteroatoms. The van der Waals surface area contributed by atoms with Gasteiger partial charge in [-0.1, -0.05) is 6.92 Å². The zero-order valence-electron chi connectivity index (χ0n) is 13.9. The number of thiophene rings is 1. The van der Waals surface area contributed by atoms with E-state index in [1.54, 1.807) is 17.7 Å². The van der Waals surface area contributed by atoms with Crippen LogP contribution >= 0.6 is 11.3 Å². The summed E-state index contributed by atoms with van der Waals surface area (Å²) in [5.74, 6) is 2.18. The Bertz CT molecular complexity index is 701. The van der Waals surface area contributed by atoms with Crippen molar-refractivity contribution in [2.45, 2.75) is 58.1 Å². The summed E-state index contributed by atoms with van der Waals surface area (Å²) >= 11 is 1.74. The molecule has 0 unspecified atom stereocenters. The van der Waals surface area contributed by atoms with Gasteiger partial charge in [0.25, 0.3) is 0 Å². The molecule has 0 amide bonds. The fourth-order valence-electron chi connectivity index (χ4n) is 4.52. The number of aryl methyl sites for hydroxylation is 1. The number of nitrogens with zero attached hydrogens (tertiary/aromatic N) is 3. The molecule has 124 valence electrons. The van der Waals surface area contributed by atoms with Gasteiger partial charge in [-0.25, -0.2) is 9.97 Å². The number of rotatable bonds is 2. The molecule has 3 heterocycles. The number of hydrogen-bond acceptors (Lipinski definition) is 5. The molecule has 0 spiro atoms. The molecule has 4 rings (SSSR count). The lowest BCUT2D eigenvalue weighted by atomic mass is 9.76. The molecule has 2 aromatic heterocycles. The van der Waals surface area contributed by atoms with E-state index in [2.05, 4.69) is 34.8 Å². The van der Waals surface area contributed by atoms with Crippen LogP contribution in [0.4, 0.5) is 5.82 Å². The van der Waals surface area contributed by atoms with Crippen LogP contribution in [0.1, 0.15) is 43.9 Å². The van der Waals surface area contributed by atoms with Gasteiger partial charge in [-0.05, 0) is 51.0 Å². The summed E-state index contributed by atoms with van der Waals surface area (Å²) in [6.45, 7) is 5.50. The molecule has 2 aromatic rings. The number of aromatic nitrogens is 2. The molecular formula is C18H25N3OS. The van der Waals surface area contributed by atoms with Crippen LogP contribution in [0.2, 0.25) is 0 Å². The van der Waals surface area contributed by atoms with Crippen molar-refractivity contribution in [1.29, 1.82) is 0 Å². The first-order valence-electron chi connectivity index (χ1n) is 8.79. The van der Waals surface area contributed by atoms with E-state index in [-0.39, 0.29) is 6.10 Å². The van der Waals surface area contributed by atoms with Crippen LogP contribution in [0.5, 0.6) is 0 Å². The molecule has 2 fully saturated rings. The fraction of sp³-hybridized carbons (Fsp3) is 0.667. The van der Waals surface area contributed by atoms with Crippen molar-refractivity contribution in [2.75, 3.05) is 11.4 Å². The topological polar surface area (TPSA) is 49.2 Å². The molecule has 1 N–H and O–H groups in total. The third-order valence-electron chi connectivity index (χ3n) is 5.62. The van der Waals surface area contributed by atoms with E-state index in [9.17, 15) is 5.11 Å². The van der Waals surface area contributed by atoms with Gasteiger partial charge in [0.1, 0.15) is 17.0 Å². The minimum Gasteiger partial charge on any atom is -0.393 e. The molecule has 0 radical (unpaired) electrons. The van der Waals surface area contributed by atoms with Crippen molar-refractivity contribution in [3.8, 4) is 0 Å². The van der Waals surface area contributed by atoms with E-state index in [0.29, 0.717) is 12.0 Å². The van der Waals surface area contributed by atoms with E-state index >= 15 is 0 Å². The maximum atomic E-state index is 10.6. The summed E-state index contributed by atoms with van der Waals surface area (Å²) < 4.78 is 0. The van der Waals surface area contributed by atoms with Crippen molar-refractivity contribution in [3.05, 3.63) is 17.3 Å². The molecule has 4 atom stereocenters. The molecule has 1 aliphatic heterocycles. The first-order chi connectivity index (χ1) is 11.1. The average Bonchev–Trinajstić information content (AvgIpc) is 3.14. The highest BCUT2D eigenvalue weighted by atomic mass is 32.1. The van der Waals surface area contributed by atoms with E-state index in [4.69, 9.17) is 0 Å². The molecule has 4 nitrogen and oxygen atoms in total. The van der Waals surface area contributed by atoms with Crippen molar-refractivity contribution < 1.29 is 5.11 Å². The number of fused-ring (bicyclic) bond motifs is 1. The number of hydrogen-bond donors (Lipinski definition) is 1. The summed E-state index contributed by atoms with van der Waals surface area (Å²) in [5, 5.41) is 11.8. The lowest BCUT2D eigenvalue weighted by Gasteiger charge is -2.39. The van der Waals surface area contributed by atoms with Gasteiger partial charge in [0.2, 0.25) is 0 Å². The van der Waals surface area contributed by atoms with Gasteiger partial charge in [0, 0.05) is 23.4 Å². The van der Waals surface area contributed by atoms with Gasteiger partial charge >= 0.3 is 0 Å². The highest BCUT2D eigenvalue weighted by molar-refractivity contribution is 7.18. The molecule has 0 bridgehead atoms. The van der Waals surface area contributed by atoms with E-state index in [1.807, 2.05) is 0 Å². The van der Waals surface area contributed by atoms with Crippen LogP contribution in [-0.4, -0.2) is 33.8 Å². The number of aliphatic hydroxyl groups is 1. The fourth-order valence-corrected chi connectivity index (χ4v) is 5.36. The van der Waals surface area contributed by atoms with Crippen molar-refractivity contribution >= 4 is 27.4 Å². The van der Waals surface area contributed by atoms with Crippen LogP contribution in [-0.2, 0) is 0 Å². The SMILES string of the molecule is Cc1cc2c(N3CCC[C@@H]3[C@@H]3C[C@@H](C)CC[C@@H]3O)ncnc2s1. The van der Waals surface area contributed by atoms with E-state index in [0.717, 1.165) is 42.4 Å². The Morgan fingerprint density at radius 2 is 2.13 bits per heavy atom. The molecular weight excluding hydrogens is 306 g/mol. The minimum atomic E-state index is -0.154. The second kappa shape index (κ2) is 6.02. The first-order valence-corrected chi connectivity index (χ1v) is 9.61.